The van der Waals surface area contributed by atoms with Crippen LogP contribution in [0.2, 0.25) is 0 Å². The summed E-state index contributed by atoms with van der Waals surface area (Å²) in [6.45, 7) is 6.15. The standard InChI is InChI=1S/C20H32O4/c1-3-5-7-9-13-23-16-17-11-12-18(20(21)22)19(15-17)24-14-10-8-6-4-2/h11-12,15H,3-10,13-14,16H2,1-2H3,(H,21,22). The van der Waals surface area contributed by atoms with Crippen molar-refractivity contribution in [1.29, 1.82) is 0 Å². The first-order valence-electron chi connectivity index (χ1n) is 9.25. The van der Waals surface area contributed by atoms with E-state index in [0.29, 0.717) is 19.0 Å². The lowest BCUT2D eigenvalue weighted by Gasteiger charge is -2.11. The van der Waals surface area contributed by atoms with E-state index in [0.717, 1.165) is 31.4 Å². The second kappa shape index (κ2) is 12.8. The van der Waals surface area contributed by atoms with E-state index < -0.39 is 5.97 Å². The van der Waals surface area contributed by atoms with Crippen molar-refractivity contribution in [3.05, 3.63) is 29.3 Å². The van der Waals surface area contributed by atoms with E-state index in [4.69, 9.17) is 9.47 Å². The Kier molecular flexibility index (Phi) is 10.9. The lowest BCUT2D eigenvalue weighted by molar-refractivity contribution is 0.0691. The number of aromatic carboxylic acids is 1. The molecule has 4 heteroatoms. The number of carbonyl (C=O) groups is 1. The largest absolute Gasteiger partial charge is 0.493 e. The molecule has 0 aliphatic carbocycles. The molecule has 0 heterocycles. The molecule has 0 fully saturated rings. The van der Waals surface area contributed by atoms with Crippen molar-refractivity contribution in [2.75, 3.05) is 13.2 Å². The average Bonchev–Trinajstić information content (AvgIpc) is 2.57. The number of unbranched alkanes of at least 4 members (excludes halogenated alkanes) is 6. The zero-order valence-electron chi connectivity index (χ0n) is 15.2. The van der Waals surface area contributed by atoms with Crippen molar-refractivity contribution in [1.82, 2.24) is 0 Å². The highest BCUT2D eigenvalue weighted by Crippen LogP contribution is 2.22. The summed E-state index contributed by atoms with van der Waals surface area (Å²) in [6, 6.07) is 5.22. The van der Waals surface area contributed by atoms with Crippen molar-refractivity contribution in [3.63, 3.8) is 0 Å². The summed E-state index contributed by atoms with van der Waals surface area (Å²) in [7, 11) is 0. The van der Waals surface area contributed by atoms with Crippen LogP contribution in [0.25, 0.3) is 0 Å². The molecule has 0 bridgehead atoms. The molecule has 24 heavy (non-hydrogen) atoms. The molecule has 1 N–H and O–H groups in total. The summed E-state index contributed by atoms with van der Waals surface area (Å²) < 4.78 is 11.4. The summed E-state index contributed by atoms with van der Waals surface area (Å²) in [5, 5.41) is 9.28. The van der Waals surface area contributed by atoms with E-state index in [1.807, 2.05) is 0 Å². The van der Waals surface area contributed by atoms with Crippen LogP contribution in [0.5, 0.6) is 5.75 Å². The van der Waals surface area contributed by atoms with Crippen LogP contribution in [0.15, 0.2) is 18.2 Å². The van der Waals surface area contributed by atoms with Gasteiger partial charge in [-0.15, -0.1) is 0 Å². The summed E-state index contributed by atoms with van der Waals surface area (Å²) in [4.78, 5) is 11.3. The molecule has 0 aliphatic rings. The highest BCUT2D eigenvalue weighted by Gasteiger charge is 2.12. The molecule has 1 aromatic rings. The summed E-state index contributed by atoms with van der Waals surface area (Å²) in [5.74, 6) is -0.503. The molecule has 0 saturated carbocycles. The Morgan fingerprint density at radius 2 is 1.62 bits per heavy atom. The second-order valence-corrected chi connectivity index (χ2v) is 6.16. The zero-order valence-corrected chi connectivity index (χ0v) is 15.2. The molecule has 1 rings (SSSR count). The number of benzene rings is 1. The summed E-state index contributed by atoms with van der Waals surface area (Å²) in [5.41, 5.74) is 1.18. The minimum atomic E-state index is -0.953. The van der Waals surface area contributed by atoms with Crippen molar-refractivity contribution >= 4 is 5.97 Å². The van der Waals surface area contributed by atoms with E-state index in [2.05, 4.69) is 13.8 Å². The molecule has 136 valence electrons. The Morgan fingerprint density at radius 1 is 0.958 bits per heavy atom. The van der Waals surface area contributed by atoms with Gasteiger partial charge < -0.3 is 14.6 Å². The minimum absolute atomic E-state index is 0.220. The normalized spacial score (nSPS) is 10.8. The number of rotatable bonds is 14. The second-order valence-electron chi connectivity index (χ2n) is 6.16. The van der Waals surface area contributed by atoms with Gasteiger partial charge in [0.2, 0.25) is 0 Å². The van der Waals surface area contributed by atoms with Crippen molar-refractivity contribution in [2.24, 2.45) is 0 Å². The van der Waals surface area contributed by atoms with E-state index in [9.17, 15) is 9.90 Å². The number of ether oxygens (including phenoxy) is 2. The van der Waals surface area contributed by atoms with Crippen LogP contribution in [-0.4, -0.2) is 24.3 Å². The van der Waals surface area contributed by atoms with Gasteiger partial charge in [-0.1, -0.05) is 58.4 Å². The quantitative estimate of drug-likeness (QED) is 0.460. The molecule has 0 radical (unpaired) electrons. The maximum atomic E-state index is 11.3. The number of hydrogen-bond acceptors (Lipinski definition) is 3. The predicted octanol–water partition coefficient (Wildman–Crippen LogP) is 5.44. The third kappa shape index (κ3) is 8.34. The molecule has 0 aliphatic heterocycles. The molecule has 0 atom stereocenters. The Bertz CT molecular complexity index is 471. The Labute approximate surface area is 146 Å². The van der Waals surface area contributed by atoms with Crippen molar-refractivity contribution < 1.29 is 19.4 Å². The van der Waals surface area contributed by atoms with Gasteiger partial charge in [-0.25, -0.2) is 4.79 Å². The third-order valence-corrected chi connectivity index (χ3v) is 3.94. The van der Waals surface area contributed by atoms with Gasteiger partial charge >= 0.3 is 5.97 Å². The molecule has 0 saturated heterocycles. The molecule has 1 aromatic carbocycles. The molecule has 0 unspecified atom stereocenters. The lowest BCUT2D eigenvalue weighted by Crippen LogP contribution is -2.06. The maximum Gasteiger partial charge on any atom is 0.339 e. The average molecular weight is 336 g/mol. The van der Waals surface area contributed by atoms with Crippen LogP contribution in [0.4, 0.5) is 0 Å². The highest BCUT2D eigenvalue weighted by atomic mass is 16.5. The van der Waals surface area contributed by atoms with Crippen LogP contribution in [0.1, 0.15) is 81.1 Å². The zero-order chi connectivity index (χ0) is 17.6. The fourth-order valence-electron chi connectivity index (χ4n) is 2.48. The van der Waals surface area contributed by atoms with Gasteiger partial charge in [-0.2, -0.15) is 0 Å². The Balaban J connectivity index is 2.49. The van der Waals surface area contributed by atoms with E-state index >= 15 is 0 Å². The van der Waals surface area contributed by atoms with Crippen LogP contribution < -0.4 is 4.74 Å². The fraction of sp³-hybridized carbons (Fsp3) is 0.650. The molecular formula is C20H32O4. The molecule has 4 nitrogen and oxygen atoms in total. The lowest BCUT2D eigenvalue weighted by atomic mass is 10.1. The fourth-order valence-corrected chi connectivity index (χ4v) is 2.48. The summed E-state index contributed by atoms with van der Waals surface area (Å²) in [6.07, 6.45) is 9.14. The van der Waals surface area contributed by atoms with Crippen LogP contribution in [0, 0.1) is 0 Å². The first kappa shape index (κ1) is 20.5. The SMILES string of the molecule is CCCCCCOCc1ccc(C(=O)O)c(OCCCCCC)c1. The third-order valence-electron chi connectivity index (χ3n) is 3.94. The van der Waals surface area contributed by atoms with E-state index in [-0.39, 0.29) is 5.56 Å². The number of carboxylic acid groups (broad SMARTS) is 1. The molecular weight excluding hydrogens is 304 g/mol. The van der Waals surface area contributed by atoms with Crippen molar-refractivity contribution in [3.8, 4) is 5.75 Å². The van der Waals surface area contributed by atoms with Gasteiger partial charge in [0, 0.05) is 6.61 Å². The predicted molar refractivity (Wildman–Crippen MR) is 96.8 cm³/mol. The topological polar surface area (TPSA) is 55.8 Å². The van der Waals surface area contributed by atoms with Gasteiger partial charge in [0.25, 0.3) is 0 Å². The van der Waals surface area contributed by atoms with Gasteiger partial charge in [-0.05, 0) is 30.5 Å². The maximum absolute atomic E-state index is 11.3. The van der Waals surface area contributed by atoms with E-state index in [1.165, 1.54) is 32.1 Å². The smallest absolute Gasteiger partial charge is 0.339 e. The Morgan fingerprint density at radius 3 is 2.25 bits per heavy atom. The van der Waals surface area contributed by atoms with Crippen LogP contribution in [-0.2, 0) is 11.3 Å². The van der Waals surface area contributed by atoms with Gasteiger partial charge in [0.15, 0.2) is 0 Å². The molecule has 0 aromatic heterocycles. The first-order chi connectivity index (χ1) is 11.7. The minimum Gasteiger partial charge on any atom is -0.493 e. The van der Waals surface area contributed by atoms with Crippen LogP contribution in [0.3, 0.4) is 0 Å². The summed E-state index contributed by atoms with van der Waals surface area (Å²) >= 11 is 0. The monoisotopic (exact) mass is 336 g/mol. The van der Waals surface area contributed by atoms with Gasteiger partial charge in [0.1, 0.15) is 11.3 Å². The number of hydrogen-bond donors (Lipinski definition) is 1. The first-order valence-corrected chi connectivity index (χ1v) is 9.25. The molecule has 0 spiro atoms. The molecule has 0 amide bonds. The van der Waals surface area contributed by atoms with Gasteiger partial charge in [-0.3, -0.25) is 0 Å². The van der Waals surface area contributed by atoms with E-state index in [1.54, 1.807) is 18.2 Å². The van der Waals surface area contributed by atoms with Gasteiger partial charge in [0.05, 0.1) is 13.2 Å². The Hall–Kier alpha value is -1.55. The highest BCUT2D eigenvalue weighted by molar-refractivity contribution is 5.90. The van der Waals surface area contributed by atoms with Crippen LogP contribution >= 0.6 is 0 Å². The van der Waals surface area contributed by atoms with Crippen molar-refractivity contribution in [2.45, 2.75) is 71.8 Å². The number of carboxylic acids is 1.